The third-order valence-corrected chi connectivity index (χ3v) is 5.94. The number of nitrogens with zero attached hydrogens (tertiary/aromatic N) is 2. The summed E-state index contributed by atoms with van der Waals surface area (Å²) in [5.74, 6) is -0.651. The van der Waals surface area contributed by atoms with Gasteiger partial charge in [0.05, 0.1) is 23.1 Å². The molecule has 1 aromatic heterocycles. The van der Waals surface area contributed by atoms with Crippen molar-refractivity contribution in [1.29, 1.82) is 0 Å². The molecule has 1 heterocycles. The van der Waals surface area contributed by atoms with Gasteiger partial charge in [0.25, 0.3) is 5.56 Å². The highest BCUT2D eigenvalue weighted by Gasteiger charge is 2.17. The first kappa shape index (κ1) is 23.6. The van der Waals surface area contributed by atoms with Crippen molar-refractivity contribution in [3.8, 4) is 5.69 Å². The van der Waals surface area contributed by atoms with Crippen molar-refractivity contribution in [2.75, 3.05) is 11.9 Å². The largest absolute Gasteiger partial charge is 0.462 e. The van der Waals surface area contributed by atoms with E-state index in [1.54, 1.807) is 56.3 Å². The van der Waals surface area contributed by atoms with E-state index in [4.69, 9.17) is 16.3 Å². The van der Waals surface area contributed by atoms with Gasteiger partial charge in [-0.25, -0.2) is 4.79 Å². The number of thioether (sulfide) groups is 1. The molecule has 0 saturated heterocycles. The third kappa shape index (κ3) is 5.77. The lowest BCUT2D eigenvalue weighted by atomic mass is 10.2. The smallest absolute Gasteiger partial charge is 0.338 e. The van der Waals surface area contributed by atoms with E-state index >= 15 is 0 Å². The molecule has 0 aliphatic heterocycles. The molecular formula is C23H22ClN3O4S. The molecule has 0 aliphatic carbocycles. The van der Waals surface area contributed by atoms with Crippen LogP contribution in [0.25, 0.3) is 5.69 Å². The Balaban J connectivity index is 1.69. The summed E-state index contributed by atoms with van der Waals surface area (Å²) >= 11 is 7.40. The number of nitrogens with one attached hydrogen (secondary N) is 1. The van der Waals surface area contributed by atoms with Crippen LogP contribution in [0.5, 0.6) is 0 Å². The molecule has 0 radical (unpaired) electrons. The minimum Gasteiger partial charge on any atom is -0.462 e. The van der Waals surface area contributed by atoms with Gasteiger partial charge in [-0.15, -0.1) is 0 Å². The number of benzene rings is 2. The van der Waals surface area contributed by atoms with Gasteiger partial charge in [-0.1, -0.05) is 29.4 Å². The normalized spacial score (nSPS) is 11.6. The zero-order chi connectivity index (χ0) is 23.3. The predicted molar refractivity (Wildman–Crippen MR) is 126 cm³/mol. The fraction of sp³-hybridized carbons (Fsp3) is 0.217. The average Bonchev–Trinajstić information content (AvgIpc) is 2.77. The fourth-order valence-electron chi connectivity index (χ4n) is 2.74. The number of carbonyl (C=O) groups excluding carboxylic acids is 2. The van der Waals surface area contributed by atoms with Crippen molar-refractivity contribution < 1.29 is 14.3 Å². The lowest BCUT2D eigenvalue weighted by Gasteiger charge is -2.13. The number of amides is 1. The van der Waals surface area contributed by atoms with E-state index in [9.17, 15) is 14.4 Å². The van der Waals surface area contributed by atoms with E-state index in [1.165, 1.54) is 22.5 Å². The second-order valence-electron chi connectivity index (χ2n) is 6.90. The van der Waals surface area contributed by atoms with Crippen LogP contribution in [0.1, 0.15) is 29.8 Å². The van der Waals surface area contributed by atoms with Crippen molar-refractivity contribution in [2.45, 2.75) is 31.0 Å². The number of anilines is 1. The monoisotopic (exact) mass is 471 g/mol. The molecule has 9 heteroatoms. The van der Waals surface area contributed by atoms with Crippen LogP contribution in [-0.4, -0.2) is 33.5 Å². The molecule has 166 valence electrons. The third-order valence-electron chi connectivity index (χ3n) is 4.51. The maximum Gasteiger partial charge on any atom is 0.338 e. The number of hydrogen-bond acceptors (Lipinski definition) is 6. The summed E-state index contributed by atoms with van der Waals surface area (Å²) in [7, 11) is 0. The van der Waals surface area contributed by atoms with E-state index in [2.05, 4.69) is 10.4 Å². The molecule has 0 saturated carbocycles. The van der Waals surface area contributed by atoms with Crippen LogP contribution >= 0.6 is 23.4 Å². The lowest BCUT2D eigenvalue weighted by molar-refractivity contribution is -0.115. The van der Waals surface area contributed by atoms with Crippen molar-refractivity contribution in [3.63, 3.8) is 0 Å². The first-order chi connectivity index (χ1) is 15.3. The van der Waals surface area contributed by atoms with E-state index in [-0.39, 0.29) is 11.5 Å². The topological polar surface area (TPSA) is 90.3 Å². The Labute approximate surface area is 194 Å². The van der Waals surface area contributed by atoms with Crippen molar-refractivity contribution in [1.82, 2.24) is 9.78 Å². The maximum atomic E-state index is 12.6. The SMILES string of the molecule is CCOC(=O)c1ccc(NC(=O)[C@H](C)Sc2ccc(=O)n(-c3ccc(C)c(Cl)c3)n2)cc1. The number of carbonyl (C=O) groups is 2. The van der Waals surface area contributed by atoms with Crippen LogP contribution in [-0.2, 0) is 9.53 Å². The van der Waals surface area contributed by atoms with Gasteiger partial charge in [-0.3, -0.25) is 9.59 Å². The minimum absolute atomic E-state index is 0.239. The van der Waals surface area contributed by atoms with Crippen LogP contribution in [0.2, 0.25) is 5.02 Å². The number of halogens is 1. The number of ether oxygens (including phenoxy) is 1. The number of esters is 1. The highest BCUT2D eigenvalue weighted by molar-refractivity contribution is 8.00. The molecular weight excluding hydrogens is 450 g/mol. The molecule has 7 nitrogen and oxygen atoms in total. The Bertz CT molecular complexity index is 1190. The van der Waals surface area contributed by atoms with E-state index in [0.717, 1.165) is 5.56 Å². The maximum absolute atomic E-state index is 12.6. The molecule has 2 aromatic carbocycles. The Morgan fingerprint density at radius 2 is 1.88 bits per heavy atom. The molecule has 3 aromatic rings. The Morgan fingerprint density at radius 3 is 2.53 bits per heavy atom. The second-order valence-corrected chi connectivity index (χ2v) is 8.67. The summed E-state index contributed by atoms with van der Waals surface area (Å²) in [6.45, 7) is 5.65. The minimum atomic E-state index is -0.486. The molecule has 0 fully saturated rings. The molecule has 1 amide bonds. The van der Waals surface area contributed by atoms with Crippen LogP contribution in [0.4, 0.5) is 5.69 Å². The molecule has 0 spiro atoms. The lowest BCUT2D eigenvalue weighted by Crippen LogP contribution is -2.24. The quantitative estimate of drug-likeness (QED) is 0.403. The van der Waals surface area contributed by atoms with Crippen molar-refractivity contribution in [2.24, 2.45) is 0 Å². The Kier molecular flexibility index (Phi) is 7.71. The van der Waals surface area contributed by atoms with Gasteiger partial charge in [0.2, 0.25) is 5.91 Å². The van der Waals surface area contributed by atoms with Gasteiger partial charge in [0.15, 0.2) is 0 Å². The number of rotatable bonds is 7. The Morgan fingerprint density at radius 1 is 1.16 bits per heavy atom. The highest BCUT2D eigenvalue weighted by atomic mass is 35.5. The van der Waals surface area contributed by atoms with E-state index in [0.29, 0.717) is 33.6 Å². The van der Waals surface area contributed by atoms with E-state index < -0.39 is 11.2 Å². The number of hydrogen-bond donors (Lipinski definition) is 1. The van der Waals surface area contributed by atoms with Gasteiger partial charge in [0, 0.05) is 16.8 Å². The van der Waals surface area contributed by atoms with Gasteiger partial charge >= 0.3 is 5.97 Å². The zero-order valence-electron chi connectivity index (χ0n) is 17.8. The summed E-state index contributed by atoms with van der Waals surface area (Å²) in [6, 6.07) is 14.7. The van der Waals surface area contributed by atoms with Gasteiger partial charge in [-0.05, 0) is 68.8 Å². The van der Waals surface area contributed by atoms with Crippen molar-refractivity contribution >= 4 is 40.9 Å². The summed E-state index contributed by atoms with van der Waals surface area (Å²) in [5.41, 5.74) is 2.12. The highest BCUT2D eigenvalue weighted by Crippen LogP contribution is 2.23. The predicted octanol–water partition coefficient (Wildman–Crippen LogP) is 4.49. The van der Waals surface area contributed by atoms with Crippen LogP contribution in [0.3, 0.4) is 0 Å². The zero-order valence-corrected chi connectivity index (χ0v) is 19.4. The molecule has 3 rings (SSSR count). The van der Waals surface area contributed by atoms with Crippen LogP contribution < -0.4 is 10.9 Å². The standard InChI is InChI=1S/C23H22ClN3O4S/c1-4-31-23(30)16-6-8-17(9-7-16)25-22(29)15(3)32-20-11-12-21(28)27(26-20)18-10-5-14(2)19(24)13-18/h5-13,15H,4H2,1-3H3,(H,25,29)/t15-/m0/s1. The Hall–Kier alpha value is -3.10. The molecule has 1 atom stereocenters. The van der Waals surface area contributed by atoms with Crippen molar-refractivity contribution in [3.05, 3.63) is 81.1 Å². The first-order valence-corrected chi connectivity index (χ1v) is 11.2. The van der Waals surface area contributed by atoms with E-state index in [1.807, 2.05) is 13.0 Å². The fourth-order valence-corrected chi connectivity index (χ4v) is 3.72. The second kappa shape index (κ2) is 10.5. The molecule has 0 bridgehead atoms. The average molecular weight is 472 g/mol. The van der Waals surface area contributed by atoms with Crippen LogP contribution in [0.15, 0.2) is 64.4 Å². The van der Waals surface area contributed by atoms with Gasteiger partial charge in [0.1, 0.15) is 5.03 Å². The molecule has 0 aliphatic rings. The van der Waals surface area contributed by atoms with Crippen LogP contribution in [0, 0.1) is 6.92 Å². The molecule has 32 heavy (non-hydrogen) atoms. The summed E-state index contributed by atoms with van der Waals surface area (Å²) in [5, 5.41) is 7.74. The molecule has 1 N–H and O–H groups in total. The van der Waals surface area contributed by atoms with Gasteiger partial charge in [-0.2, -0.15) is 9.78 Å². The summed E-state index contributed by atoms with van der Waals surface area (Å²) in [4.78, 5) is 36.6. The summed E-state index contributed by atoms with van der Waals surface area (Å²) in [6.07, 6.45) is 0. The number of aryl methyl sites for hydroxylation is 1. The molecule has 0 unspecified atom stereocenters. The number of aromatic nitrogens is 2. The first-order valence-electron chi connectivity index (χ1n) is 9.90. The summed E-state index contributed by atoms with van der Waals surface area (Å²) < 4.78 is 6.20. The van der Waals surface area contributed by atoms with Gasteiger partial charge < -0.3 is 10.1 Å².